The van der Waals surface area contributed by atoms with Crippen LogP contribution < -0.4 is 20.1 Å². The van der Waals surface area contributed by atoms with Crippen LogP contribution in [0.1, 0.15) is 12.0 Å². The Hall–Kier alpha value is -2.48. The van der Waals surface area contributed by atoms with E-state index in [1.165, 1.54) is 0 Å². The zero-order valence-corrected chi connectivity index (χ0v) is 15.5. The van der Waals surface area contributed by atoms with Gasteiger partial charge in [0.1, 0.15) is 0 Å². The van der Waals surface area contributed by atoms with Crippen molar-refractivity contribution in [1.29, 1.82) is 0 Å². The molecule has 2 aliphatic heterocycles. The van der Waals surface area contributed by atoms with Crippen LogP contribution in [-0.4, -0.2) is 55.2 Å². The summed E-state index contributed by atoms with van der Waals surface area (Å²) in [6.45, 7) is 5.46. The summed E-state index contributed by atoms with van der Waals surface area (Å²) in [5, 5.41) is 3.08. The van der Waals surface area contributed by atoms with Crippen LogP contribution in [0.4, 0.5) is 5.13 Å². The fraction of sp³-hybridized carbons (Fsp3) is 0.444. The largest absolute Gasteiger partial charge is 0.490 e. The topological polar surface area (TPSA) is 76.2 Å². The van der Waals surface area contributed by atoms with Crippen molar-refractivity contribution in [2.45, 2.75) is 13.0 Å². The number of nitrogens with zero attached hydrogens (tertiary/aromatic N) is 4. The molecule has 2 N–H and O–H groups in total. The highest BCUT2D eigenvalue weighted by atomic mass is 32.1. The Morgan fingerprint density at radius 1 is 1.15 bits per heavy atom. The van der Waals surface area contributed by atoms with Gasteiger partial charge < -0.3 is 25.0 Å². The molecule has 2 aromatic rings. The maximum absolute atomic E-state index is 6.21. The number of piperazine rings is 1. The molecule has 0 aliphatic carbocycles. The van der Waals surface area contributed by atoms with Crippen LogP contribution in [-0.2, 0) is 6.54 Å². The first-order valence-corrected chi connectivity index (χ1v) is 9.75. The van der Waals surface area contributed by atoms with Gasteiger partial charge in [0.15, 0.2) is 22.6 Å². The van der Waals surface area contributed by atoms with E-state index in [4.69, 9.17) is 15.2 Å². The summed E-state index contributed by atoms with van der Waals surface area (Å²) in [5.41, 5.74) is 7.28. The van der Waals surface area contributed by atoms with Crippen LogP contribution in [0.5, 0.6) is 11.5 Å². The van der Waals surface area contributed by atoms with E-state index < -0.39 is 0 Å². The van der Waals surface area contributed by atoms with E-state index in [1.54, 1.807) is 11.3 Å². The molecule has 4 rings (SSSR count). The maximum Gasteiger partial charge on any atom is 0.191 e. The van der Waals surface area contributed by atoms with E-state index in [2.05, 4.69) is 19.8 Å². The summed E-state index contributed by atoms with van der Waals surface area (Å²) in [6, 6.07) is 5.97. The predicted molar refractivity (Wildman–Crippen MR) is 103 cm³/mol. The molecule has 26 heavy (non-hydrogen) atoms. The molecule has 8 heteroatoms. The van der Waals surface area contributed by atoms with Crippen molar-refractivity contribution in [2.75, 3.05) is 44.3 Å². The number of hydrogen-bond acceptors (Lipinski definition) is 6. The second-order valence-electron chi connectivity index (χ2n) is 6.29. The lowest BCUT2D eigenvalue weighted by Gasteiger charge is -2.35. The number of thiazole rings is 1. The summed E-state index contributed by atoms with van der Waals surface area (Å²) in [7, 11) is 0. The van der Waals surface area contributed by atoms with Crippen molar-refractivity contribution >= 4 is 22.4 Å². The molecule has 0 bridgehead atoms. The second-order valence-corrected chi connectivity index (χ2v) is 7.17. The van der Waals surface area contributed by atoms with Gasteiger partial charge in [0.05, 0.1) is 19.8 Å². The second kappa shape index (κ2) is 7.82. The molecule has 2 aliphatic rings. The summed E-state index contributed by atoms with van der Waals surface area (Å²) < 4.78 is 11.4. The quantitative estimate of drug-likeness (QED) is 0.655. The zero-order valence-electron chi connectivity index (χ0n) is 14.6. The van der Waals surface area contributed by atoms with E-state index in [-0.39, 0.29) is 0 Å². The Bertz CT molecular complexity index is 757. The number of fused-ring (bicyclic) bond motifs is 1. The number of rotatable bonds is 3. The van der Waals surface area contributed by atoms with Gasteiger partial charge >= 0.3 is 0 Å². The van der Waals surface area contributed by atoms with Crippen molar-refractivity contribution in [3.63, 3.8) is 0 Å². The molecule has 3 heterocycles. The van der Waals surface area contributed by atoms with Gasteiger partial charge in [-0.15, -0.1) is 11.3 Å². The summed E-state index contributed by atoms with van der Waals surface area (Å²) >= 11 is 1.67. The third-order valence-corrected chi connectivity index (χ3v) is 5.36. The minimum atomic E-state index is 0.537. The van der Waals surface area contributed by atoms with Crippen LogP contribution in [0.2, 0.25) is 0 Å². The highest BCUT2D eigenvalue weighted by molar-refractivity contribution is 7.13. The molecule has 0 amide bonds. The Kier molecular flexibility index (Phi) is 5.10. The Balaban J connectivity index is 1.34. The standard InChI is InChI=1S/C18H23N5O2S/c19-17(22-5-7-23(8-6-22)18-20-4-11-26-18)21-13-14-2-3-15-16(12-14)25-10-1-9-24-15/h2-4,11-12H,1,5-10,13H2,(H2,19,21). The molecule has 0 radical (unpaired) electrons. The van der Waals surface area contributed by atoms with Crippen LogP contribution in [0.15, 0.2) is 34.8 Å². The Labute approximate surface area is 157 Å². The number of aromatic nitrogens is 1. The number of guanidine groups is 1. The predicted octanol–water partition coefficient (Wildman–Crippen LogP) is 1.94. The Morgan fingerprint density at radius 3 is 2.73 bits per heavy atom. The van der Waals surface area contributed by atoms with Gasteiger partial charge in [-0.3, -0.25) is 0 Å². The van der Waals surface area contributed by atoms with Crippen molar-refractivity contribution < 1.29 is 9.47 Å². The van der Waals surface area contributed by atoms with Crippen molar-refractivity contribution in [2.24, 2.45) is 10.7 Å². The van der Waals surface area contributed by atoms with Crippen LogP contribution in [0.3, 0.4) is 0 Å². The van der Waals surface area contributed by atoms with E-state index >= 15 is 0 Å². The summed E-state index contributed by atoms with van der Waals surface area (Å²) in [5.74, 6) is 2.20. The van der Waals surface area contributed by atoms with Crippen molar-refractivity contribution in [3.05, 3.63) is 35.3 Å². The third-order valence-electron chi connectivity index (χ3n) is 4.53. The van der Waals surface area contributed by atoms with Gasteiger partial charge in [-0.2, -0.15) is 0 Å². The molecule has 138 valence electrons. The smallest absolute Gasteiger partial charge is 0.191 e. The fourth-order valence-electron chi connectivity index (χ4n) is 3.08. The number of hydrogen-bond donors (Lipinski definition) is 1. The highest BCUT2D eigenvalue weighted by Crippen LogP contribution is 2.30. The molecule has 0 spiro atoms. The number of anilines is 1. The molecule has 1 aromatic carbocycles. The van der Waals surface area contributed by atoms with Gasteiger partial charge in [0.25, 0.3) is 0 Å². The highest BCUT2D eigenvalue weighted by Gasteiger charge is 2.19. The van der Waals surface area contributed by atoms with Gasteiger partial charge in [0.2, 0.25) is 0 Å². The first kappa shape index (κ1) is 17.0. The summed E-state index contributed by atoms with van der Waals surface area (Å²) in [6.07, 6.45) is 2.75. The lowest BCUT2D eigenvalue weighted by molar-refractivity contribution is 0.297. The number of ether oxygens (including phenoxy) is 2. The van der Waals surface area contributed by atoms with E-state index in [9.17, 15) is 0 Å². The maximum atomic E-state index is 6.21. The first-order chi connectivity index (χ1) is 12.8. The average molecular weight is 373 g/mol. The molecule has 0 unspecified atom stereocenters. The molecular formula is C18H23N5O2S. The minimum Gasteiger partial charge on any atom is -0.490 e. The van der Waals surface area contributed by atoms with Crippen LogP contribution in [0, 0.1) is 0 Å². The molecule has 1 aromatic heterocycles. The fourth-order valence-corrected chi connectivity index (χ4v) is 3.77. The van der Waals surface area contributed by atoms with Crippen LogP contribution >= 0.6 is 11.3 Å². The van der Waals surface area contributed by atoms with Gasteiger partial charge in [-0.1, -0.05) is 6.07 Å². The monoisotopic (exact) mass is 373 g/mol. The molecule has 0 atom stereocenters. The number of aliphatic imine (C=N–C) groups is 1. The molecule has 1 saturated heterocycles. The van der Waals surface area contributed by atoms with Gasteiger partial charge in [-0.25, -0.2) is 9.98 Å². The van der Waals surface area contributed by atoms with E-state index in [1.807, 2.05) is 29.8 Å². The summed E-state index contributed by atoms with van der Waals surface area (Å²) in [4.78, 5) is 13.4. The number of nitrogens with two attached hydrogens (primary N) is 1. The van der Waals surface area contributed by atoms with Gasteiger partial charge in [0, 0.05) is 44.2 Å². The zero-order chi connectivity index (χ0) is 17.8. The minimum absolute atomic E-state index is 0.537. The third kappa shape index (κ3) is 3.85. The average Bonchev–Trinajstić information content (AvgIpc) is 3.12. The van der Waals surface area contributed by atoms with Gasteiger partial charge in [-0.05, 0) is 17.7 Å². The number of benzene rings is 1. The SMILES string of the molecule is NC(=NCc1ccc2c(c1)OCCCO2)N1CCN(c2nccs2)CC1. The lowest BCUT2D eigenvalue weighted by Crippen LogP contribution is -2.51. The van der Waals surface area contributed by atoms with E-state index in [0.29, 0.717) is 25.7 Å². The van der Waals surface area contributed by atoms with E-state index in [0.717, 1.165) is 54.8 Å². The molecule has 7 nitrogen and oxygen atoms in total. The molecule has 0 saturated carbocycles. The molecule has 1 fully saturated rings. The first-order valence-electron chi connectivity index (χ1n) is 8.87. The lowest BCUT2D eigenvalue weighted by atomic mass is 10.2. The van der Waals surface area contributed by atoms with Crippen molar-refractivity contribution in [1.82, 2.24) is 9.88 Å². The van der Waals surface area contributed by atoms with Crippen LogP contribution in [0.25, 0.3) is 0 Å². The van der Waals surface area contributed by atoms with Crippen molar-refractivity contribution in [3.8, 4) is 11.5 Å². The molecular weight excluding hydrogens is 350 g/mol. The Morgan fingerprint density at radius 2 is 1.96 bits per heavy atom. The normalized spacial score (nSPS) is 17.9.